The number of nitrogens with two attached hydrogens (primary N) is 2. The van der Waals surface area contributed by atoms with Gasteiger partial charge in [-0.05, 0) is 119 Å². The van der Waals surface area contributed by atoms with Crippen LogP contribution in [0.1, 0.15) is 99.8 Å². The average Bonchev–Trinajstić information content (AvgIpc) is 3.78. The Morgan fingerprint density at radius 2 is 1.76 bits per heavy atom. The van der Waals surface area contributed by atoms with Gasteiger partial charge < -0.3 is 74.2 Å². The number of oxime groups is 1. The number of carbonyl (C=O) groups excluding carboxylic acids is 1. The van der Waals surface area contributed by atoms with Crippen LogP contribution in [0.15, 0.2) is 35.5 Å². The van der Waals surface area contributed by atoms with Crippen LogP contribution in [-0.4, -0.2) is 175 Å². The number of nitrogen functional groups attached to an aromatic ring is 1. The Morgan fingerprint density at radius 3 is 2.43 bits per heavy atom. The van der Waals surface area contributed by atoms with Crippen molar-refractivity contribution in [3.05, 3.63) is 35.2 Å². The minimum atomic E-state index is -1.68. The molecule has 2 aromatic rings. The molecule has 0 amide bonds. The molecule has 5 aliphatic heterocycles. The third kappa shape index (κ3) is 12.9. The lowest BCUT2D eigenvalue weighted by molar-refractivity contribution is -0.313. The molecule has 0 unspecified atom stereocenters. The third-order valence-electron chi connectivity index (χ3n) is 15.4. The number of carbonyl (C=O) groups is 1. The van der Waals surface area contributed by atoms with E-state index >= 15 is 0 Å². The molecule has 0 spiro atoms. The SMILES string of the molecule is CC[C@H]1OC(=O)[C@H](C)[C@@H](O[C@H]2C[C@@](C)(OC)[C@H](N)[C@H](C)O2)[C@H](C)[C@@H](O[C@@H]2O[C@H](C)C[C@H](N(C)C)[C@H]2O)[C@@]2(C)C[C@@H](C)N(C)C[C@H](C)[C@@H](OCC(=NOCc3ccc(-c4cccc(N)n4)s3)CO2)[C@]1(C)O. The van der Waals surface area contributed by atoms with Crippen molar-refractivity contribution in [2.24, 2.45) is 28.6 Å². The lowest BCUT2D eigenvalue weighted by Crippen LogP contribution is -2.62. The highest BCUT2D eigenvalue weighted by atomic mass is 32.1. The van der Waals surface area contributed by atoms with Gasteiger partial charge in [-0.1, -0.05) is 32.0 Å². The fourth-order valence-corrected chi connectivity index (χ4v) is 11.9. The summed E-state index contributed by atoms with van der Waals surface area (Å²) in [6, 6.07) is 8.58. The number of hydrogen-bond donors (Lipinski definition) is 4. The first-order chi connectivity index (χ1) is 32.9. The van der Waals surface area contributed by atoms with Gasteiger partial charge in [-0.3, -0.25) is 4.79 Å². The summed E-state index contributed by atoms with van der Waals surface area (Å²) in [5.41, 5.74) is 10.1. The molecule has 5 fully saturated rings. The van der Waals surface area contributed by atoms with Gasteiger partial charge in [0.15, 0.2) is 19.2 Å². The summed E-state index contributed by atoms with van der Waals surface area (Å²) < 4.78 is 53.7. The Morgan fingerprint density at radius 1 is 1.03 bits per heavy atom. The van der Waals surface area contributed by atoms with E-state index in [1.54, 1.807) is 27.0 Å². The van der Waals surface area contributed by atoms with Gasteiger partial charge in [-0.15, -0.1) is 11.3 Å². The number of aliphatic hydroxyl groups excluding tert-OH is 1. The van der Waals surface area contributed by atoms with Gasteiger partial charge >= 0.3 is 5.97 Å². The summed E-state index contributed by atoms with van der Waals surface area (Å²) >= 11 is 1.52. The number of nitrogens with zero attached hydrogens (tertiary/aromatic N) is 4. The van der Waals surface area contributed by atoms with Gasteiger partial charge in [0.1, 0.15) is 29.3 Å². The van der Waals surface area contributed by atoms with Crippen LogP contribution in [0.4, 0.5) is 5.82 Å². The molecule has 6 N–H and O–H groups in total. The number of anilines is 1. The monoisotopic (exact) mass is 1000 g/mol. The van der Waals surface area contributed by atoms with Crippen molar-refractivity contribution in [3.8, 4) is 10.6 Å². The van der Waals surface area contributed by atoms with E-state index in [9.17, 15) is 15.0 Å². The predicted molar refractivity (Wildman–Crippen MR) is 268 cm³/mol. The number of esters is 1. The van der Waals surface area contributed by atoms with Crippen molar-refractivity contribution in [3.63, 3.8) is 0 Å². The van der Waals surface area contributed by atoms with E-state index in [2.05, 4.69) is 22.0 Å². The highest BCUT2D eigenvalue weighted by Gasteiger charge is 2.54. The van der Waals surface area contributed by atoms with Gasteiger partial charge in [0.05, 0.1) is 77.5 Å². The van der Waals surface area contributed by atoms with Crippen molar-refractivity contribution in [2.45, 2.75) is 192 Å². The van der Waals surface area contributed by atoms with Crippen molar-refractivity contribution in [1.29, 1.82) is 0 Å². The van der Waals surface area contributed by atoms with E-state index in [1.807, 2.05) is 98.8 Å². The highest BCUT2D eigenvalue weighted by molar-refractivity contribution is 7.15. The molecule has 7 rings (SSSR count). The number of aliphatic hydroxyl groups is 2. The molecule has 396 valence electrons. The van der Waals surface area contributed by atoms with Crippen LogP contribution >= 0.6 is 11.3 Å². The summed E-state index contributed by atoms with van der Waals surface area (Å²) in [6.45, 7) is 19.7. The van der Waals surface area contributed by atoms with E-state index in [4.69, 9.17) is 54.2 Å². The van der Waals surface area contributed by atoms with Crippen LogP contribution in [0.3, 0.4) is 0 Å². The maximum atomic E-state index is 14.9. The van der Waals surface area contributed by atoms with E-state index in [0.29, 0.717) is 30.9 Å². The number of likely N-dealkylation sites (N-methyl/N-ethyl adjacent to an activating group) is 1. The molecule has 18 atom stereocenters. The smallest absolute Gasteiger partial charge is 0.311 e. The number of rotatable bonds is 11. The minimum absolute atomic E-state index is 0.0719. The minimum Gasteiger partial charge on any atom is -0.459 e. The first-order valence-electron chi connectivity index (χ1n) is 25.1. The highest BCUT2D eigenvalue weighted by Crippen LogP contribution is 2.42. The molecular weight excluding hydrogens is 921 g/mol. The summed E-state index contributed by atoms with van der Waals surface area (Å²) in [4.78, 5) is 31.5. The van der Waals surface area contributed by atoms with Gasteiger partial charge in [-0.2, -0.15) is 0 Å². The molecule has 5 aliphatic rings. The second-order valence-corrected chi connectivity index (χ2v) is 22.6. The molecule has 18 nitrogen and oxygen atoms in total. The Balaban J connectivity index is 1.48. The van der Waals surface area contributed by atoms with Crippen molar-refractivity contribution in [1.82, 2.24) is 14.8 Å². The van der Waals surface area contributed by atoms with Gasteiger partial charge in [-0.25, -0.2) is 4.98 Å². The zero-order valence-corrected chi connectivity index (χ0v) is 44.8. The summed E-state index contributed by atoms with van der Waals surface area (Å²) in [6.07, 6.45) is -5.90. The molecule has 5 saturated heterocycles. The number of ether oxygens (including phenoxy) is 8. The number of fused-ring (bicyclic) bond motifs is 15. The summed E-state index contributed by atoms with van der Waals surface area (Å²) in [5.74, 6) is -2.06. The Labute approximate surface area is 419 Å². The standard InChI is InChI=1S/C51H84N6O12S/c1-15-39-51(10,60)45-28(2)24-57(13)29(3)22-50(9,63-26-34(25-62-45)55-64-27-35-19-20-38(70-35)36-17-16-18-40(52)54-36)46(69-48-42(58)37(56(11)12)21-30(4)65-48)31(5)43(32(6)47(59)67-39)68-41-23-49(8,61-14)44(53)33(7)66-41/h16-20,28-33,37,39,41-46,48,58,60H,15,21-27,53H2,1-14H3,(H2,52,54)/t28-,29+,30+,31-,32+,33-,37-,39+,41-,42+,43-,44+,45+,46+,48-,49+,50+,51+/m0/s1. The molecule has 0 saturated carbocycles. The fraction of sp³-hybridized carbons (Fsp3) is 0.784. The number of aromatic nitrogens is 1. The van der Waals surface area contributed by atoms with Crippen LogP contribution in [0.2, 0.25) is 0 Å². The Bertz CT molecular complexity index is 2050. The second kappa shape index (κ2) is 23.5. The molecular formula is C51H84N6O12S. The van der Waals surface area contributed by atoms with Gasteiger partial charge in [0.2, 0.25) is 0 Å². The normalized spacial score (nSPS) is 41.5. The molecule has 19 heteroatoms. The van der Waals surface area contributed by atoms with E-state index in [0.717, 1.165) is 15.4 Å². The van der Waals surface area contributed by atoms with E-state index in [1.165, 1.54) is 11.3 Å². The molecule has 0 radical (unpaired) electrons. The zero-order chi connectivity index (χ0) is 51.5. The number of hydrogen-bond acceptors (Lipinski definition) is 19. The summed E-state index contributed by atoms with van der Waals surface area (Å²) in [5, 5.41) is 29.5. The molecule has 2 aromatic heterocycles. The maximum absolute atomic E-state index is 14.9. The largest absolute Gasteiger partial charge is 0.459 e. The summed E-state index contributed by atoms with van der Waals surface area (Å²) in [7, 11) is 7.51. The zero-order valence-electron chi connectivity index (χ0n) is 44.0. The van der Waals surface area contributed by atoms with Crippen molar-refractivity contribution >= 4 is 28.8 Å². The topological polar surface area (TPSA) is 224 Å². The van der Waals surface area contributed by atoms with Crippen LogP contribution in [0.25, 0.3) is 10.6 Å². The number of thiophene rings is 1. The van der Waals surface area contributed by atoms with Crippen LogP contribution in [-0.2, 0) is 54.1 Å². The molecule has 70 heavy (non-hydrogen) atoms. The van der Waals surface area contributed by atoms with Crippen LogP contribution < -0.4 is 11.5 Å². The van der Waals surface area contributed by atoms with E-state index in [-0.39, 0.29) is 56.8 Å². The average molecular weight is 1010 g/mol. The van der Waals surface area contributed by atoms with Crippen LogP contribution in [0, 0.1) is 17.8 Å². The lowest BCUT2D eigenvalue weighted by Gasteiger charge is -2.50. The first-order valence-corrected chi connectivity index (χ1v) is 25.9. The Kier molecular flexibility index (Phi) is 19.0. The number of methoxy groups -OCH3 is 1. The Hall–Kier alpha value is -2.89. The van der Waals surface area contributed by atoms with Gasteiger partial charge in [0, 0.05) is 43.0 Å². The quantitative estimate of drug-likeness (QED) is 0.168. The first kappa shape index (κ1) is 56.4. The van der Waals surface area contributed by atoms with Crippen molar-refractivity contribution < 1.29 is 57.7 Å². The molecule has 7 heterocycles. The molecule has 0 aromatic carbocycles. The van der Waals surface area contributed by atoms with E-state index < -0.39 is 89.9 Å². The van der Waals surface area contributed by atoms with Crippen molar-refractivity contribution in [2.75, 3.05) is 53.7 Å². The lowest BCUT2D eigenvalue weighted by atomic mass is 9.78. The maximum Gasteiger partial charge on any atom is 0.311 e. The predicted octanol–water partition coefficient (Wildman–Crippen LogP) is 5.21. The fourth-order valence-electron chi connectivity index (χ4n) is 11.0. The number of pyridine rings is 1. The third-order valence-corrected chi connectivity index (χ3v) is 16.5. The van der Waals surface area contributed by atoms with Gasteiger partial charge in [0.25, 0.3) is 0 Å². The van der Waals surface area contributed by atoms with Crippen LogP contribution in [0.5, 0.6) is 0 Å². The molecule has 0 aliphatic carbocycles. The molecule has 2 bridgehead atoms. The second-order valence-electron chi connectivity index (χ2n) is 21.4.